The van der Waals surface area contributed by atoms with Gasteiger partial charge in [-0.25, -0.2) is 14.6 Å². The molecule has 1 aliphatic carbocycles. The molecule has 1 aromatic carbocycles. The van der Waals surface area contributed by atoms with Crippen molar-refractivity contribution in [2.75, 3.05) is 31.6 Å². The van der Waals surface area contributed by atoms with E-state index in [1.165, 1.54) is 0 Å². The van der Waals surface area contributed by atoms with E-state index in [2.05, 4.69) is 40.8 Å². The van der Waals surface area contributed by atoms with E-state index in [1.807, 2.05) is 49.2 Å². The number of nitrogens with one attached hydrogen (secondary N) is 1. The van der Waals surface area contributed by atoms with Crippen LogP contribution in [0.3, 0.4) is 0 Å². The molecule has 48 heavy (non-hydrogen) atoms. The van der Waals surface area contributed by atoms with Gasteiger partial charge in [-0.15, -0.1) is 10.2 Å². The predicted octanol–water partition coefficient (Wildman–Crippen LogP) is 4.32. The van der Waals surface area contributed by atoms with Crippen LogP contribution in [0.1, 0.15) is 44.3 Å². The van der Waals surface area contributed by atoms with Gasteiger partial charge in [0, 0.05) is 50.3 Å². The molecule has 5 aromatic rings. The Balaban J connectivity index is 1.04. The summed E-state index contributed by atoms with van der Waals surface area (Å²) in [5.41, 5.74) is 3.21. The lowest BCUT2D eigenvalue weighted by Crippen LogP contribution is -2.45. The van der Waals surface area contributed by atoms with Crippen molar-refractivity contribution in [2.45, 2.75) is 63.9 Å². The van der Waals surface area contributed by atoms with Crippen LogP contribution in [0, 0.1) is 0 Å². The van der Waals surface area contributed by atoms with Crippen molar-refractivity contribution >= 4 is 23.2 Å². The topological polar surface area (TPSA) is 148 Å². The van der Waals surface area contributed by atoms with Crippen LogP contribution < -0.4 is 14.8 Å². The first-order valence-electron chi connectivity index (χ1n) is 16.3. The molecular formula is C32H39ClN12O3. The highest BCUT2D eigenvalue weighted by atomic mass is 35.5. The summed E-state index contributed by atoms with van der Waals surface area (Å²) in [6.45, 7) is 6.40. The number of aryl methyl sites for hydroxylation is 1. The highest BCUT2D eigenvalue weighted by Crippen LogP contribution is 2.35. The maximum absolute atomic E-state index is 6.46. The number of morpholine rings is 1. The van der Waals surface area contributed by atoms with E-state index in [0.29, 0.717) is 47.5 Å². The van der Waals surface area contributed by atoms with E-state index >= 15 is 0 Å². The number of hydrogen-bond donors (Lipinski definition) is 1. The predicted molar refractivity (Wildman–Crippen MR) is 177 cm³/mol. The highest BCUT2D eigenvalue weighted by Gasteiger charge is 2.29. The van der Waals surface area contributed by atoms with E-state index in [1.54, 1.807) is 34.2 Å². The number of benzene rings is 1. The van der Waals surface area contributed by atoms with Crippen LogP contribution in [0.15, 0.2) is 55.4 Å². The van der Waals surface area contributed by atoms with Crippen LogP contribution in [0.2, 0.25) is 5.02 Å². The second kappa shape index (κ2) is 14.7. The summed E-state index contributed by atoms with van der Waals surface area (Å²) in [4.78, 5) is 11.8. The molecule has 0 spiro atoms. The van der Waals surface area contributed by atoms with Crippen molar-refractivity contribution in [1.82, 2.24) is 54.6 Å². The van der Waals surface area contributed by atoms with Gasteiger partial charge in [0.1, 0.15) is 30.5 Å². The zero-order valence-electron chi connectivity index (χ0n) is 27.0. The number of hydrogen-bond acceptors (Lipinski definition) is 12. The lowest BCUT2D eigenvalue weighted by molar-refractivity contribution is 0.00502. The van der Waals surface area contributed by atoms with Gasteiger partial charge < -0.3 is 19.5 Å². The number of halogens is 1. The molecule has 1 saturated carbocycles. The van der Waals surface area contributed by atoms with Gasteiger partial charge in [0.05, 0.1) is 42.7 Å². The molecule has 252 valence electrons. The summed E-state index contributed by atoms with van der Waals surface area (Å²) in [5.74, 6) is 1.47. The lowest BCUT2D eigenvalue weighted by Gasteiger charge is -2.38. The molecule has 4 aromatic heterocycles. The molecule has 0 bridgehead atoms. The van der Waals surface area contributed by atoms with E-state index in [0.717, 1.165) is 68.8 Å². The first kappa shape index (κ1) is 32.0. The fraction of sp³-hybridized carbons (Fsp3) is 0.469. The van der Waals surface area contributed by atoms with Gasteiger partial charge in [-0.2, -0.15) is 5.10 Å². The average Bonchev–Trinajstić information content (AvgIpc) is 3.88. The Morgan fingerprint density at radius 3 is 2.54 bits per heavy atom. The standard InChI is InChI=1S/C32H39ClN12O3/c1-22(18-44-21-36-40-41-44)48-30-15-23(3-8-28(30)33)24-16-34-32(35-17-24)37-29-19-45(39-31(29)47-20-25-9-10-42(2)38-25)27-6-4-26(5-7-27)43-11-13-46-14-12-43/h3,8-10,15-17,19,21-22,26-27H,4-7,11-14,18,20H2,1-2H3,(H,34,35,37)/t22-,26-,27-/m0/s1. The minimum Gasteiger partial charge on any atom is -0.487 e. The molecule has 2 fully saturated rings. The average molecular weight is 675 g/mol. The number of ether oxygens (including phenoxy) is 3. The van der Waals surface area contributed by atoms with Crippen molar-refractivity contribution in [3.63, 3.8) is 0 Å². The second-order valence-corrected chi connectivity index (χ2v) is 12.6. The van der Waals surface area contributed by atoms with E-state index in [-0.39, 0.29) is 12.1 Å². The summed E-state index contributed by atoms with van der Waals surface area (Å²) in [5, 5.41) is 24.4. The first-order valence-corrected chi connectivity index (χ1v) is 16.6. The zero-order chi connectivity index (χ0) is 32.9. The summed E-state index contributed by atoms with van der Waals surface area (Å²) in [7, 11) is 1.89. The van der Waals surface area contributed by atoms with E-state index in [9.17, 15) is 0 Å². The lowest BCUT2D eigenvalue weighted by atomic mass is 9.90. The van der Waals surface area contributed by atoms with E-state index in [4.69, 9.17) is 30.9 Å². The van der Waals surface area contributed by atoms with Crippen molar-refractivity contribution in [3.05, 3.63) is 66.1 Å². The third kappa shape index (κ3) is 7.75. The van der Waals surface area contributed by atoms with Crippen LogP contribution in [0.4, 0.5) is 11.6 Å². The Bertz CT molecular complexity index is 1760. The maximum atomic E-state index is 6.46. The minimum absolute atomic E-state index is 0.209. The van der Waals surface area contributed by atoms with Crippen LogP contribution in [0.5, 0.6) is 11.6 Å². The summed E-state index contributed by atoms with van der Waals surface area (Å²) in [6.07, 6.45) is 13.1. The van der Waals surface area contributed by atoms with Crippen LogP contribution in [-0.4, -0.2) is 93.1 Å². The smallest absolute Gasteiger partial charge is 0.257 e. The highest BCUT2D eigenvalue weighted by molar-refractivity contribution is 6.32. The monoisotopic (exact) mass is 674 g/mol. The molecular weight excluding hydrogens is 636 g/mol. The largest absolute Gasteiger partial charge is 0.487 e. The normalized spacial score (nSPS) is 19.2. The van der Waals surface area contributed by atoms with E-state index < -0.39 is 0 Å². The molecule has 7 rings (SSSR count). The van der Waals surface area contributed by atoms with Gasteiger partial charge >= 0.3 is 0 Å². The number of aromatic nitrogens is 10. The van der Waals surface area contributed by atoms with Crippen LogP contribution in [0.25, 0.3) is 11.1 Å². The number of nitrogens with zero attached hydrogens (tertiary/aromatic N) is 11. The van der Waals surface area contributed by atoms with Crippen molar-refractivity contribution < 1.29 is 14.2 Å². The van der Waals surface area contributed by atoms with Gasteiger partial charge in [0.25, 0.3) is 5.88 Å². The Kier molecular flexibility index (Phi) is 9.77. The van der Waals surface area contributed by atoms with Crippen LogP contribution in [-0.2, 0) is 24.9 Å². The first-order chi connectivity index (χ1) is 23.5. The third-order valence-corrected chi connectivity index (χ3v) is 9.06. The number of tetrazole rings is 1. The van der Waals surface area contributed by atoms with Crippen molar-refractivity contribution in [1.29, 1.82) is 0 Å². The van der Waals surface area contributed by atoms with Crippen molar-refractivity contribution in [3.8, 4) is 22.8 Å². The molecule has 2 aliphatic rings. The Morgan fingerprint density at radius 2 is 1.81 bits per heavy atom. The SMILES string of the molecule is C[C@@H](Cn1cnnn1)Oc1cc(-c2cnc(Nc3cn([C@H]4CC[C@H](N5CCOCC5)CC4)nc3OCc3ccn(C)n3)nc2)ccc1Cl. The van der Waals surface area contributed by atoms with Crippen LogP contribution >= 0.6 is 11.6 Å². The molecule has 5 heterocycles. The van der Waals surface area contributed by atoms with Gasteiger partial charge in [-0.3, -0.25) is 14.3 Å². The fourth-order valence-electron chi connectivity index (χ4n) is 6.28. The molecule has 1 N–H and O–H groups in total. The second-order valence-electron chi connectivity index (χ2n) is 12.2. The van der Waals surface area contributed by atoms with Gasteiger partial charge in [-0.05, 0) is 66.8 Å². The van der Waals surface area contributed by atoms with Gasteiger partial charge in [-0.1, -0.05) is 17.7 Å². The molecule has 1 aliphatic heterocycles. The Morgan fingerprint density at radius 1 is 1.02 bits per heavy atom. The number of rotatable bonds is 12. The maximum Gasteiger partial charge on any atom is 0.257 e. The van der Waals surface area contributed by atoms with Crippen molar-refractivity contribution in [2.24, 2.45) is 7.05 Å². The molecule has 0 unspecified atom stereocenters. The molecule has 1 saturated heterocycles. The number of anilines is 2. The third-order valence-electron chi connectivity index (χ3n) is 8.75. The molecule has 16 heteroatoms. The Hall–Kier alpha value is -4.60. The van der Waals surface area contributed by atoms with Gasteiger partial charge in [0.15, 0.2) is 0 Å². The summed E-state index contributed by atoms with van der Waals surface area (Å²) < 4.78 is 23.3. The summed E-state index contributed by atoms with van der Waals surface area (Å²) in [6, 6.07) is 8.42. The molecule has 15 nitrogen and oxygen atoms in total. The quantitative estimate of drug-likeness (QED) is 0.201. The molecule has 0 amide bonds. The molecule has 1 atom stereocenters. The Labute approximate surface area is 283 Å². The summed E-state index contributed by atoms with van der Waals surface area (Å²) >= 11 is 6.46. The van der Waals surface area contributed by atoms with Gasteiger partial charge in [0.2, 0.25) is 5.95 Å². The minimum atomic E-state index is -0.209. The molecule has 0 radical (unpaired) electrons. The zero-order valence-corrected chi connectivity index (χ0v) is 27.8. The fourth-order valence-corrected chi connectivity index (χ4v) is 6.45.